The van der Waals surface area contributed by atoms with Crippen LogP contribution in [0.4, 0.5) is 13.2 Å². The summed E-state index contributed by atoms with van der Waals surface area (Å²) < 4.78 is 36.9. The predicted octanol–water partition coefficient (Wildman–Crippen LogP) is 1.14. The number of halogens is 3. The molecule has 1 aliphatic rings. The third kappa shape index (κ3) is 4.00. The number of nitrogens with one attached hydrogen (secondary N) is 1. The van der Waals surface area contributed by atoms with Crippen molar-refractivity contribution in [2.24, 2.45) is 0 Å². The number of rotatable bonds is 3. The molecular formula is C13H16F3N3O3. The molecule has 0 aromatic carbocycles. The van der Waals surface area contributed by atoms with Crippen molar-refractivity contribution in [1.29, 1.82) is 0 Å². The van der Waals surface area contributed by atoms with E-state index in [0.717, 1.165) is 11.1 Å². The molecule has 1 aromatic rings. The van der Waals surface area contributed by atoms with Gasteiger partial charge in [0.05, 0.1) is 11.9 Å². The Kier molecular flexibility index (Phi) is 4.74. The fraction of sp³-hybridized carbons (Fsp3) is 0.538. The number of hydrogen-bond donors (Lipinski definition) is 3. The zero-order chi connectivity index (χ0) is 16.3. The first kappa shape index (κ1) is 16.3. The second-order valence-electron chi connectivity index (χ2n) is 5.11. The van der Waals surface area contributed by atoms with Crippen LogP contribution in [0, 0.1) is 0 Å². The molecule has 6 nitrogen and oxygen atoms in total. The summed E-state index contributed by atoms with van der Waals surface area (Å²) in [6, 6.07) is 1.28. The normalized spacial score (nSPS) is 16.8. The minimum Gasteiger partial charge on any atom is -0.504 e. The standard InChI is InChI=1S/C13H16F3N3O3/c14-13(15,16)12(22)19-3-1-8(2-4-19)17-6-9-5-10(20)11(21)7-18-9/h5,7-8,17,21H,1-4,6H2,(H,18,20). The molecule has 0 aliphatic carbocycles. The lowest BCUT2D eigenvalue weighted by molar-refractivity contribution is -0.186. The molecule has 0 radical (unpaired) electrons. The number of pyridine rings is 1. The number of carbonyl (C=O) groups excluding carboxylic acids is 1. The molecule has 122 valence electrons. The maximum Gasteiger partial charge on any atom is 0.471 e. The van der Waals surface area contributed by atoms with Crippen molar-refractivity contribution in [3.63, 3.8) is 0 Å². The average Bonchev–Trinajstić information content (AvgIpc) is 2.47. The van der Waals surface area contributed by atoms with Crippen LogP contribution < -0.4 is 5.32 Å². The second-order valence-corrected chi connectivity index (χ2v) is 5.11. The van der Waals surface area contributed by atoms with E-state index in [1.807, 2.05) is 0 Å². The van der Waals surface area contributed by atoms with Gasteiger partial charge >= 0.3 is 12.1 Å². The number of alkyl halides is 3. The van der Waals surface area contributed by atoms with Gasteiger partial charge in [0.25, 0.3) is 0 Å². The van der Waals surface area contributed by atoms with Gasteiger partial charge in [0.1, 0.15) is 0 Å². The molecule has 22 heavy (non-hydrogen) atoms. The van der Waals surface area contributed by atoms with Crippen LogP contribution in [0.1, 0.15) is 18.5 Å². The molecule has 0 atom stereocenters. The predicted molar refractivity (Wildman–Crippen MR) is 70.1 cm³/mol. The summed E-state index contributed by atoms with van der Waals surface area (Å²) in [5.41, 5.74) is 0.504. The van der Waals surface area contributed by atoms with Crippen molar-refractivity contribution in [1.82, 2.24) is 15.2 Å². The first-order valence-electron chi connectivity index (χ1n) is 6.73. The van der Waals surface area contributed by atoms with Crippen LogP contribution in [0.2, 0.25) is 0 Å². The maximum atomic E-state index is 12.3. The summed E-state index contributed by atoms with van der Waals surface area (Å²) in [7, 11) is 0. The fourth-order valence-electron chi connectivity index (χ4n) is 2.29. The van der Waals surface area contributed by atoms with E-state index in [-0.39, 0.29) is 30.6 Å². The average molecular weight is 319 g/mol. The highest BCUT2D eigenvalue weighted by atomic mass is 19.4. The molecule has 2 rings (SSSR count). The Morgan fingerprint density at radius 3 is 2.50 bits per heavy atom. The number of piperidine rings is 1. The highest BCUT2D eigenvalue weighted by Crippen LogP contribution is 2.24. The van der Waals surface area contributed by atoms with Crippen LogP contribution in [0.15, 0.2) is 12.3 Å². The SMILES string of the molecule is O=C(N1CCC(NCc2cc(O)c(O)cn2)CC1)C(F)(F)F. The highest BCUT2D eigenvalue weighted by Gasteiger charge is 2.43. The van der Waals surface area contributed by atoms with Gasteiger partial charge in [0.2, 0.25) is 0 Å². The highest BCUT2D eigenvalue weighted by molar-refractivity contribution is 5.81. The Hall–Kier alpha value is -2.03. The zero-order valence-corrected chi connectivity index (χ0v) is 11.6. The van der Waals surface area contributed by atoms with Crippen molar-refractivity contribution in [2.45, 2.75) is 31.6 Å². The fourth-order valence-corrected chi connectivity index (χ4v) is 2.29. The number of nitrogens with zero attached hydrogens (tertiary/aromatic N) is 2. The van der Waals surface area contributed by atoms with E-state index in [4.69, 9.17) is 5.11 Å². The van der Waals surface area contributed by atoms with Crippen molar-refractivity contribution in [3.8, 4) is 11.5 Å². The first-order chi connectivity index (χ1) is 10.3. The van der Waals surface area contributed by atoms with E-state index in [1.165, 1.54) is 6.07 Å². The second kappa shape index (κ2) is 6.39. The number of carbonyl (C=O) groups is 1. The lowest BCUT2D eigenvalue weighted by Crippen LogP contribution is -2.48. The number of likely N-dealkylation sites (tertiary alicyclic amines) is 1. The molecular weight excluding hydrogens is 303 g/mol. The molecule has 0 unspecified atom stereocenters. The molecule has 0 saturated carbocycles. The van der Waals surface area contributed by atoms with Gasteiger partial charge in [-0.05, 0) is 12.8 Å². The van der Waals surface area contributed by atoms with Crippen molar-refractivity contribution >= 4 is 5.91 Å². The van der Waals surface area contributed by atoms with Gasteiger partial charge in [-0.25, -0.2) is 0 Å². The van der Waals surface area contributed by atoms with Gasteiger partial charge in [-0.2, -0.15) is 13.2 Å². The third-order valence-corrected chi connectivity index (χ3v) is 3.51. The summed E-state index contributed by atoms with van der Waals surface area (Å²) in [6.45, 7) is 0.403. The lowest BCUT2D eigenvalue weighted by Gasteiger charge is -2.32. The largest absolute Gasteiger partial charge is 0.504 e. The quantitative estimate of drug-likeness (QED) is 0.778. The third-order valence-electron chi connectivity index (χ3n) is 3.51. The minimum atomic E-state index is -4.83. The van der Waals surface area contributed by atoms with Gasteiger partial charge in [-0.3, -0.25) is 9.78 Å². The van der Waals surface area contributed by atoms with Crippen LogP contribution in [0.3, 0.4) is 0 Å². The maximum absolute atomic E-state index is 12.3. The zero-order valence-electron chi connectivity index (χ0n) is 11.6. The van der Waals surface area contributed by atoms with Gasteiger partial charge in [0.15, 0.2) is 11.5 Å². The molecule has 0 spiro atoms. The molecule has 9 heteroatoms. The van der Waals surface area contributed by atoms with E-state index < -0.39 is 12.1 Å². The molecule has 3 N–H and O–H groups in total. The molecule has 2 heterocycles. The van der Waals surface area contributed by atoms with E-state index in [9.17, 15) is 23.1 Å². The Bertz CT molecular complexity index is 543. The lowest BCUT2D eigenvalue weighted by atomic mass is 10.0. The molecule has 1 saturated heterocycles. The Labute approximate surface area is 124 Å². The number of aromatic nitrogens is 1. The van der Waals surface area contributed by atoms with Crippen molar-refractivity contribution in [2.75, 3.05) is 13.1 Å². The Balaban J connectivity index is 1.80. The molecule has 0 bridgehead atoms. The van der Waals surface area contributed by atoms with Crippen LogP contribution >= 0.6 is 0 Å². The summed E-state index contributed by atoms with van der Waals surface area (Å²) in [4.78, 5) is 15.8. The van der Waals surface area contributed by atoms with Crippen LogP contribution in [-0.2, 0) is 11.3 Å². The van der Waals surface area contributed by atoms with Gasteiger partial charge in [0, 0.05) is 31.7 Å². The summed E-state index contributed by atoms with van der Waals surface area (Å²) in [6.07, 6.45) is -2.89. The van der Waals surface area contributed by atoms with Gasteiger partial charge in [-0.15, -0.1) is 0 Å². The Morgan fingerprint density at radius 2 is 1.95 bits per heavy atom. The van der Waals surface area contributed by atoms with E-state index in [0.29, 0.717) is 25.1 Å². The van der Waals surface area contributed by atoms with Crippen LogP contribution in [-0.4, -0.2) is 51.3 Å². The summed E-state index contributed by atoms with van der Waals surface area (Å²) >= 11 is 0. The van der Waals surface area contributed by atoms with E-state index in [2.05, 4.69) is 10.3 Å². The molecule has 1 amide bonds. The van der Waals surface area contributed by atoms with Gasteiger partial charge in [-0.1, -0.05) is 0 Å². The van der Waals surface area contributed by atoms with E-state index >= 15 is 0 Å². The summed E-state index contributed by atoms with van der Waals surface area (Å²) in [5.74, 6) is -2.39. The summed E-state index contributed by atoms with van der Waals surface area (Å²) in [5, 5.41) is 21.6. The first-order valence-corrected chi connectivity index (χ1v) is 6.73. The topological polar surface area (TPSA) is 85.7 Å². The Morgan fingerprint density at radius 1 is 1.32 bits per heavy atom. The molecule has 1 aromatic heterocycles. The number of amides is 1. The monoisotopic (exact) mass is 319 g/mol. The molecule has 1 aliphatic heterocycles. The van der Waals surface area contributed by atoms with Crippen molar-refractivity contribution < 1.29 is 28.2 Å². The van der Waals surface area contributed by atoms with Crippen LogP contribution in [0.25, 0.3) is 0 Å². The molecule has 1 fully saturated rings. The van der Waals surface area contributed by atoms with Crippen LogP contribution in [0.5, 0.6) is 11.5 Å². The van der Waals surface area contributed by atoms with E-state index in [1.54, 1.807) is 0 Å². The van der Waals surface area contributed by atoms with Gasteiger partial charge < -0.3 is 20.4 Å². The van der Waals surface area contributed by atoms with Crippen molar-refractivity contribution in [3.05, 3.63) is 18.0 Å². The smallest absolute Gasteiger partial charge is 0.471 e. The number of hydrogen-bond acceptors (Lipinski definition) is 5. The minimum absolute atomic E-state index is 0.0324. The number of aromatic hydroxyl groups is 2.